The van der Waals surface area contributed by atoms with E-state index in [2.05, 4.69) is 16.8 Å². The minimum absolute atomic E-state index is 0.00353. The van der Waals surface area contributed by atoms with Gasteiger partial charge in [0.2, 0.25) is 5.78 Å². The van der Waals surface area contributed by atoms with Crippen molar-refractivity contribution in [3.05, 3.63) is 16.1 Å². The summed E-state index contributed by atoms with van der Waals surface area (Å²) in [5, 5.41) is 10.8. The normalized spacial score (nSPS) is 17.5. The molecule has 0 unspecified atom stereocenters. The number of hydrogen-bond donors (Lipinski definition) is 1. The van der Waals surface area contributed by atoms with E-state index in [1.54, 1.807) is 5.38 Å². The Bertz CT molecular complexity index is 464. The molecule has 1 aromatic heterocycles. The monoisotopic (exact) mass is 282 g/mol. The Morgan fingerprint density at radius 2 is 2.16 bits per heavy atom. The maximum Gasteiger partial charge on any atom is 0.309 e. The van der Waals surface area contributed by atoms with Crippen LogP contribution in [0, 0.1) is 5.92 Å². The van der Waals surface area contributed by atoms with Crippen molar-refractivity contribution in [1.82, 2.24) is 9.88 Å². The summed E-state index contributed by atoms with van der Waals surface area (Å²) in [6, 6.07) is 0. The molecular formula is C13H18N2O3S. The topological polar surface area (TPSA) is 70.5 Å². The van der Waals surface area contributed by atoms with Gasteiger partial charge in [0.05, 0.1) is 18.7 Å². The molecule has 1 saturated heterocycles. The molecule has 0 saturated carbocycles. The number of hydrogen-bond acceptors (Lipinski definition) is 5. The third-order valence-corrected chi connectivity index (χ3v) is 4.30. The zero-order chi connectivity index (χ0) is 13.8. The lowest BCUT2D eigenvalue weighted by atomic mass is 9.99. The first-order valence-corrected chi connectivity index (χ1v) is 7.34. The van der Waals surface area contributed by atoms with Crippen LogP contribution in [0.25, 0.3) is 0 Å². The summed E-state index contributed by atoms with van der Waals surface area (Å²) in [5.41, 5.74) is 0.466. The van der Waals surface area contributed by atoms with E-state index in [4.69, 9.17) is 5.11 Å². The van der Waals surface area contributed by atoms with Gasteiger partial charge >= 0.3 is 5.97 Å². The Morgan fingerprint density at radius 3 is 2.79 bits per heavy atom. The standard InChI is InChI=1S/C13H18N2O3S/c1-9-2-4-15(5-3-9)7-11(16)13-14-10(8-19-13)6-12(17)18/h8-9H,2-7H2,1H3,(H,17,18). The Hall–Kier alpha value is -1.27. The average molecular weight is 282 g/mol. The van der Waals surface area contributed by atoms with Gasteiger partial charge in [-0.05, 0) is 31.8 Å². The van der Waals surface area contributed by atoms with E-state index >= 15 is 0 Å². The van der Waals surface area contributed by atoms with Gasteiger partial charge in [0.25, 0.3) is 0 Å². The molecule has 2 rings (SSSR count). The molecule has 0 amide bonds. The van der Waals surface area contributed by atoms with Crippen LogP contribution in [0.4, 0.5) is 0 Å². The van der Waals surface area contributed by atoms with Gasteiger partial charge in [0.15, 0.2) is 5.01 Å². The molecule has 1 aliphatic rings. The van der Waals surface area contributed by atoms with Gasteiger partial charge in [-0.15, -0.1) is 11.3 Å². The molecule has 0 radical (unpaired) electrons. The van der Waals surface area contributed by atoms with Crippen LogP contribution < -0.4 is 0 Å². The summed E-state index contributed by atoms with van der Waals surface area (Å²) >= 11 is 1.24. The fraction of sp³-hybridized carbons (Fsp3) is 0.615. The summed E-state index contributed by atoms with van der Waals surface area (Å²) in [7, 11) is 0. The lowest BCUT2D eigenvalue weighted by molar-refractivity contribution is -0.136. The summed E-state index contributed by atoms with van der Waals surface area (Å²) in [4.78, 5) is 28.9. The second kappa shape index (κ2) is 6.25. The number of carbonyl (C=O) groups is 2. The first-order valence-electron chi connectivity index (χ1n) is 6.46. The van der Waals surface area contributed by atoms with Crippen molar-refractivity contribution in [2.75, 3.05) is 19.6 Å². The Kier molecular flexibility index (Phi) is 4.66. The molecule has 1 aliphatic heterocycles. The van der Waals surface area contributed by atoms with Gasteiger partial charge < -0.3 is 5.11 Å². The number of rotatable bonds is 5. The Balaban J connectivity index is 1.89. The lowest BCUT2D eigenvalue weighted by Gasteiger charge is -2.29. The number of aliphatic carboxylic acids is 1. The van der Waals surface area contributed by atoms with Gasteiger partial charge in [-0.25, -0.2) is 4.98 Å². The van der Waals surface area contributed by atoms with Gasteiger partial charge in [-0.2, -0.15) is 0 Å². The molecule has 0 atom stereocenters. The van der Waals surface area contributed by atoms with Crippen LogP contribution in [0.2, 0.25) is 0 Å². The Morgan fingerprint density at radius 1 is 1.47 bits per heavy atom. The quantitative estimate of drug-likeness (QED) is 0.832. The second-order valence-electron chi connectivity index (χ2n) is 5.10. The number of ketones is 1. The fourth-order valence-electron chi connectivity index (χ4n) is 2.16. The zero-order valence-electron chi connectivity index (χ0n) is 11.0. The molecule has 6 heteroatoms. The highest BCUT2D eigenvalue weighted by Crippen LogP contribution is 2.17. The minimum atomic E-state index is -0.922. The molecule has 0 bridgehead atoms. The van der Waals surface area contributed by atoms with Crippen LogP contribution in [0.3, 0.4) is 0 Å². The van der Waals surface area contributed by atoms with E-state index in [0.717, 1.165) is 31.8 Å². The molecule has 0 aromatic carbocycles. The summed E-state index contributed by atoms with van der Waals surface area (Å²) in [5.74, 6) is -0.182. The number of Topliss-reactive ketones (excluding diaryl/α,β-unsaturated/α-hetero) is 1. The molecule has 1 fully saturated rings. The highest BCUT2D eigenvalue weighted by molar-refractivity contribution is 7.11. The molecule has 0 aliphatic carbocycles. The van der Waals surface area contributed by atoms with Gasteiger partial charge in [0.1, 0.15) is 0 Å². The zero-order valence-corrected chi connectivity index (χ0v) is 11.8. The van der Waals surface area contributed by atoms with Crippen molar-refractivity contribution in [2.24, 2.45) is 5.92 Å². The van der Waals surface area contributed by atoms with Crippen LogP contribution in [-0.2, 0) is 11.2 Å². The summed E-state index contributed by atoms with van der Waals surface area (Å²) in [6.45, 7) is 4.55. The maximum absolute atomic E-state index is 12.1. The van der Waals surface area contributed by atoms with E-state index in [9.17, 15) is 9.59 Å². The van der Waals surface area contributed by atoms with Gasteiger partial charge in [-0.1, -0.05) is 6.92 Å². The number of nitrogens with zero attached hydrogens (tertiary/aromatic N) is 2. The van der Waals surface area contributed by atoms with E-state index in [0.29, 0.717) is 17.2 Å². The lowest BCUT2D eigenvalue weighted by Crippen LogP contribution is -2.36. The smallest absolute Gasteiger partial charge is 0.309 e. The summed E-state index contributed by atoms with van der Waals surface area (Å²) in [6.07, 6.45) is 2.15. The highest BCUT2D eigenvalue weighted by Gasteiger charge is 2.20. The molecule has 2 heterocycles. The minimum Gasteiger partial charge on any atom is -0.481 e. The predicted octanol–water partition coefficient (Wildman–Crippen LogP) is 1.68. The number of aromatic nitrogens is 1. The van der Waals surface area contributed by atoms with Crippen LogP contribution in [0.1, 0.15) is 35.3 Å². The van der Waals surface area contributed by atoms with Crippen LogP contribution >= 0.6 is 11.3 Å². The van der Waals surface area contributed by atoms with E-state index < -0.39 is 5.97 Å². The molecular weight excluding hydrogens is 264 g/mol. The third-order valence-electron chi connectivity index (χ3n) is 3.37. The molecule has 104 valence electrons. The average Bonchev–Trinajstić information content (AvgIpc) is 2.80. The first kappa shape index (κ1) is 14.1. The molecule has 5 nitrogen and oxygen atoms in total. The molecule has 19 heavy (non-hydrogen) atoms. The Labute approximate surface area is 116 Å². The van der Waals surface area contributed by atoms with E-state index in [1.807, 2.05) is 0 Å². The number of piperidine rings is 1. The van der Waals surface area contributed by atoms with E-state index in [-0.39, 0.29) is 12.2 Å². The number of carbonyl (C=O) groups excluding carboxylic acids is 1. The van der Waals surface area contributed by atoms with Crippen molar-refractivity contribution in [3.8, 4) is 0 Å². The molecule has 1 aromatic rings. The molecule has 0 spiro atoms. The van der Waals surface area contributed by atoms with Gasteiger partial charge in [0, 0.05) is 5.38 Å². The van der Waals surface area contributed by atoms with Crippen LogP contribution in [0.5, 0.6) is 0 Å². The van der Waals surface area contributed by atoms with E-state index in [1.165, 1.54) is 11.3 Å². The largest absolute Gasteiger partial charge is 0.481 e. The number of carboxylic acid groups (broad SMARTS) is 1. The SMILES string of the molecule is CC1CCN(CC(=O)c2nc(CC(=O)O)cs2)CC1. The number of carboxylic acids is 1. The predicted molar refractivity (Wildman–Crippen MR) is 72.6 cm³/mol. The van der Waals surface area contributed by atoms with Crippen molar-refractivity contribution in [1.29, 1.82) is 0 Å². The van der Waals surface area contributed by atoms with Crippen molar-refractivity contribution < 1.29 is 14.7 Å². The van der Waals surface area contributed by atoms with Crippen molar-refractivity contribution >= 4 is 23.1 Å². The molecule has 1 N–H and O–H groups in total. The van der Waals surface area contributed by atoms with Crippen molar-refractivity contribution in [3.63, 3.8) is 0 Å². The van der Waals surface area contributed by atoms with Crippen LogP contribution in [-0.4, -0.2) is 46.4 Å². The van der Waals surface area contributed by atoms with Crippen LogP contribution in [0.15, 0.2) is 5.38 Å². The first-order chi connectivity index (χ1) is 9.04. The van der Waals surface area contributed by atoms with Crippen molar-refractivity contribution in [2.45, 2.75) is 26.2 Å². The number of thiazole rings is 1. The second-order valence-corrected chi connectivity index (χ2v) is 5.95. The third kappa shape index (κ3) is 4.11. The highest BCUT2D eigenvalue weighted by atomic mass is 32.1. The van der Waals surface area contributed by atoms with Gasteiger partial charge in [-0.3, -0.25) is 14.5 Å². The fourth-order valence-corrected chi connectivity index (χ4v) is 2.91. The summed E-state index contributed by atoms with van der Waals surface area (Å²) < 4.78 is 0. The number of likely N-dealkylation sites (tertiary alicyclic amines) is 1. The maximum atomic E-state index is 12.1.